The lowest BCUT2D eigenvalue weighted by Gasteiger charge is -2.06. The second-order valence-electron chi connectivity index (χ2n) is 0.285. The molecule has 0 unspecified atom stereocenters. The number of hydrogen-bond donors (Lipinski definition) is 0. The summed E-state index contributed by atoms with van der Waals surface area (Å²) in [5.41, 5.74) is 0. The minimum atomic E-state index is -1.00. The molecule has 0 spiro atoms. The number of hydrogen-bond acceptors (Lipinski definition) is 2. The molecular weight excluding hydrogens is 58.0 g/mol. The van der Waals surface area contributed by atoms with E-state index in [0.717, 1.165) is 0 Å². The van der Waals surface area contributed by atoms with Crippen molar-refractivity contribution in [2.24, 2.45) is 0 Å². The Kier molecular flexibility index (Phi) is 0.581. The maximum absolute atomic E-state index is 8.58. The molecule has 3 nitrogen and oxygen atoms in total. The maximum Gasteiger partial charge on any atom is -0.186 e. The van der Waals surface area contributed by atoms with Gasteiger partial charge in [0.25, 0.3) is 0 Å². The summed E-state index contributed by atoms with van der Waals surface area (Å²) in [6, 6.07) is 0. The fourth-order valence-electron chi connectivity index (χ4n) is 0. The lowest BCUT2D eigenvalue weighted by molar-refractivity contribution is -0.368. The summed E-state index contributed by atoms with van der Waals surface area (Å²) in [5.74, 6) is 0. The molecule has 0 bridgehead atoms. The van der Waals surface area contributed by atoms with Crippen LogP contribution in [0, 0.1) is 10.4 Å². The number of nitrogens with zero attached hydrogens (tertiary/aromatic N) is 1. The molecule has 0 aromatic carbocycles. The van der Waals surface area contributed by atoms with Crippen molar-refractivity contribution in [3.8, 4) is 0 Å². The van der Waals surface area contributed by atoms with Crippen molar-refractivity contribution in [1.29, 1.82) is 0 Å². The Labute approximate surface area is 23.3 Å². The molecule has 0 radical (unpaired) electrons. The molecule has 0 saturated heterocycles. The third-order valence-corrected chi connectivity index (χ3v) is 0. The molecule has 24 valence electrons. The van der Waals surface area contributed by atoms with Gasteiger partial charge >= 0.3 is 0 Å². The van der Waals surface area contributed by atoms with Crippen molar-refractivity contribution in [3.63, 3.8) is 0 Å². The van der Waals surface area contributed by atoms with E-state index in [-0.39, 0.29) is 0 Å². The maximum atomic E-state index is 8.58. The summed E-state index contributed by atoms with van der Waals surface area (Å²) >= 11 is 0. The van der Waals surface area contributed by atoms with Crippen LogP contribution in [0.1, 0.15) is 0 Å². The van der Waals surface area contributed by atoms with Crippen molar-refractivity contribution in [3.05, 3.63) is 10.4 Å². The quantitative estimate of drug-likeness (QED) is 0.164. The molecule has 0 aliphatic carbocycles. The van der Waals surface area contributed by atoms with Crippen molar-refractivity contribution in [2.45, 2.75) is 0 Å². The van der Waals surface area contributed by atoms with Gasteiger partial charge in [0.1, 0.15) is 0 Å². The van der Waals surface area contributed by atoms with Gasteiger partial charge in [-0.1, -0.05) is 0 Å². The smallest absolute Gasteiger partial charge is 0.186 e. The van der Waals surface area contributed by atoms with Gasteiger partial charge in [-0.3, -0.25) is 0 Å². The Balaban J connectivity index is 2.80. The van der Waals surface area contributed by atoms with Crippen LogP contribution in [-0.4, -0.2) is 11.6 Å². The molecular formula is CHNO2-2. The van der Waals surface area contributed by atoms with Gasteiger partial charge < -0.3 is 15.3 Å². The van der Waals surface area contributed by atoms with Gasteiger partial charge in [-0.05, 0) is 0 Å². The molecule has 0 fully saturated rings. The van der Waals surface area contributed by atoms with Crippen molar-refractivity contribution >= 4 is 6.72 Å². The van der Waals surface area contributed by atoms with Gasteiger partial charge in [0.05, 0.1) is 0 Å². The van der Waals surface area contributed by atoms with Gasteiger partial charge in [0.15, 0.2) is 0 Å². The van der Waals surface area contributed by atoms with Crippen LogP contribution in [0.15, 0.2) is 0 Å². The molecule has 0 aliphatic rings. The van der Waals surface area contributed by atoms with E-state index in [1.165, 1.54) is 0 Å². The highest BCUT2D eigenvalue weighted by molar-refractivity contribution is 5.14. The highest BCUT2D eigenvalue weighted by Gasteiger charge is 1.13. The fraction of sp³-hybridized carbons (Fsp3) is 0. The molecule has 0 heterocycles. The minimum Gasteiger partial charge on any atom is -0.645 e. The second-order valence-corrected chi connectivity index (χ2v) is 0.285. The monoisotopic (exact) mass is 59.0 g/mol. The lowest BCUT2D eigenvalue weighted by Crippen LogP contribution is -1.78. The Hall–Kier alpha value is -0.730. The van der Waals surface area contributed by atoms with Crippen LogP contribution >= 0.6 is 0 Å². The van der Waals surface area contributed by atoms with E-state index in [1.807, 2.05) is 0 Å². The summed E-state index contributed by atoms with van der Waals surface area (Å²) in [5, 5.41) is 17.2. The van der Waals surface area contributed by atoms with E-state index in [1.54, 1.807) is 0 Å². The summed E-state index contributed by atoms with van der Waals surface area (Å²) < 4.78 is 0. The first-order valence-electron chi connectivity index (χ1n) is 0.623. The lowest BCUT2D eigenvalue weighted by atomic mass is 11.7. The summed E-state index contributed by atoms with van der Waals surface area (Å²) in [6.07, 6.45) is 0. The topological polar surface area (TPSA) is 49.1 Å². The standard InChI is InChI=1S/CHNO2/c1-2(3)4/h1H/q-2. The van der Waals surface area contributed by atoms with E-state index >= 15 is 0 Å². The van der Waals surface area contributed by atoms with Crippen LogP contribution in [0.5, 0.6) is 0 Å². The molecule has 4 heavy (non-hydrogen) atoms. The third kappa shape index (κ3) is 0.174. The zero-order chi connectivity index (χ0) is 3.58. The molecule has 0 rings (SSSR count). The average Bonchev–Trinajstić information content (AvgIpc) is 0.811. The van der Waals surface area contributed by atoms with Crippen LogP contribution in [0.4, 0.5) is 0 Å². The minimum absolute atomic E-state index is 1.00. The fourth-order valence-corrected chi connectivity index (χ4v) is 0. The summed E-state index contributed by atoms with van der Waals surface area (Å²) in [4.78, 5) is -1.00. The van der Waals surface area contributed by atoms with E-state index in [0.29, 0.717) is 0 Å². The molecule has 0 atom stereocenters. The first-order valence-corrected chi connectivity index (χ1v) is 0.623. The van der Waals surface area contributed by atoms with Crippen molar-refractivity contribution < 1.29 is 4.90 Å². The van der Waals surface area contributed by atoms with E-state index in [4.69, 9.17) is 10.4 Å². The van der Waals surface area contributed by atoms with Crippen LogP contribution in [0.3, 0.4) is 0 Å². The average molecular weight is 59.0 g/mol. The highest BCUT2D eigenvalue weighted by atomic mass is 16.8. The molecule has 0 saturated carbocycles. The molecule has 0 N–H and O–H groups in total. The first kappa shape index (κ1) is 3.27. The Morgan fingerprint density at radius 1 is 1.50 bits per heavy atom. The Morgan fingerprint density at radius 2 is 1.50 bits per heavy atom. The predicted octanol–water partition coefficient (Wildman–Crippen LogP) is -0.428. The van der Waals surface area contributed by atoms with E-state index in [2.05, 4.69) is 6.72 Å². The summed E-state index contributed by atoms with van der Waals surface area (Å²) in [6.45, 7) is 3.83. The van der Waals surface area contributed by atoms with Gasteiger partial charge in [0, 0.05) is 0 Å². The zero-order valence-electron chi connectivity index (χ0n) is 1.84. The van der Waals surface area contributed by atoms with Crippen molar-refractivity contribution in [2.75, 3.05) is 0 Å². The number of rotatable bonds is 0. The van der Waals surface area contributed by atoms with Gasteiger partial charge in [-0.15, -0.1) is 0 Å². The van der Waals surface area contributed by atoms with Gasteiger partial charge in [0.2, 0.25) is 0 Å². The Bertz CT molecular complexity index is 29.0. The zero-order valence-corrected chi connectivity index (χ0v) is 1.84. The molecule has 3 heteroatoms. The molecule has 0 aliphatic heterocycles. The largest absolute Gasteiger partial charge is 0.645 e. The SMILES string of the molecule is [CH-]=[N+]([O-])[O-]. The van der Waals surface area contributed by atoms with Crippen LogP contribution in [0.25, 0.3) is 0 Å². The predicted molar refractivity (Wildman–Crippen MR) is 13.1 cm³/mol. The highest BCUT2D eigenvalue weighted by Crippen LogP contribution is 1.41. The van der Waals surface area contributed by atoms with Crippen molar-refractivity contribution in [1.82, 2.24) is 0 Å². The second kappa shape index (κ2) is 0.711. The Morgan fingerprint density at radius 3 is 1.50 bits per heavy atom. The third-order valence-electron chi connectivity index (χ3n) is 0. The van der Waals surface area contributed by atoms with Crippen LogP contribution < -0.4 is 0 Å². The molecule has 0 aromatic heterocycles. The van der Waals surface area contributed by atoms with Gasteiger partial charge in [-0.2, -0.15) is 6.72 Å². The van der Waals surface area contributed by atoms with Gasteiger partial charge in [-0.25, -0.2) is 0 Å². The van der Waals surface area contributed by atoms with Crippen LogP contribution in [0.2, 0.25) is 0 Å². The normalized spacial score (nSPS) is 6.00. The van der Waals surface area contributed by atoms with Crippen LogP contribution in [-0.2, 0) is 0 Å². The molecule has 0 aromatic rings. The van der Waals surface area contributed by atoms with E-state index in [9.17, 15) is 0 Å². The van der Waals surface area contributed by atoms with E-state index < -0.39 is 4.90 Å². The first-order chi connectivity index (χ1) is 1.73. The summed E-state index contributed by atoms with van der Waals surface area (Å²) in [7, 11) is 0. The molecule has 0 amide bonds.